The minimum absolute atomic E-state index is 0.0556. The molecule has 0 amide bonds. The summed E-state index contributed by atoms with van der Waals surface area (Å²) in [6.07, 6.45) is 0.448. The largest absolute Gasteiger partial charge is 0.299 e. The van der Waals surface area contributed by atoms with E-state index < -0.39 is 0 Å². The molecule has 0 spiro atoms. The summed E-state index contributed by atoms with van der Waals surface area (Å²) >= 11 is 0. The highest BCUT2D eigenvalue weighted by molar-refractivity contribution is 6.09. The van der Waals surface area contributed by atoms with Crippen molar-refractivity contribution in [2.75, 3.05) is 0 Å². The highest BCUT2D eigenvalue weighted by Gasteiger charge is 2.44. The monoisotopic (exact) mass is 583 g/mol. The van der Waals surface area contributed by atoms with Gasteiger partial charge >= 0.3 is 0 Å². The van der Waals surface area contributed by atoms with Gasteiger partial charge in [-0.2, -0.15) is 0 Å². The highest BCUT2D eigenvalue weighted by Crippen LogP contribution is 2.50. The Hall–Kier alpha value is -0.660. The molecular weight excluding hydrogens is 500 g/mol. The van der Waals surface area contributed by atoms with Crippen molar-refractivity contribution in [3.8, 4) is 0 Å². The van der Waals surface area contributed by atoms with E-state index in [4.69, 9.17) is 0 Å². The molecule has 2 unspecified atom stereocenters. The van der Waals surface area contributed by atoms with E-state index in [1.807, 2.05) is 34.6 Å². The van der Waals surface area contributed by atoms with Gasteiger partial charge in [-0.05, 0) is 50.2 Å². The third-order valence-electron chi connectivity index (χ3n) is 11.0. The molecule has 2 heteroatoms. The molecule has 0 N–H and O–H groups in total. The van der Waals surface area contributed by atoms with E-state index in [2.05, 4.69) is 138 Å². The number of carbonyl (C=O) groups excluding carboxylic acids is 2. The third kappa shape index (κ3) is 16.7. The maximum absolute atomic E-state index is 11.5. The highest BCUT2D eigenvalue weighted by atomic mass is 16.2. The van der Waals surface area contributed by atoms with Crippen molar-refractivity contribution in [2.45, 2.75) is 186 Å². The summed E-state index contributed by atoms with van der Waals surface area (Å²) in [6.45, 7) is 57.6. The second kappa shape index (κ2) is 15.9. The summed E-state index contributed by atoms with van der Waals surface area (Å²) in [5.41, 5.74) is 2.83. The lowest BCUT2D eigenvalue weighted by Crippen LogP contribution is -2.41. The first-order chi connectivity index (χ1) is 17.3. The van der Waals surface area contributed by atoms with E-state index in [0.717, 1.165) is 0 Å². The molecule has 0 bridgehead atoms. The summed E-state index contributed by atoms with van der Waals surface area (Å²) < 4.78 is 0. The number of rotatable bonds is 0. The van der Waals surface area contributed by atoms with Gasteiger partial charge in [-0.15, -0.1) is 0 Å². The fourth-order valence-electron chi connectivity index (χ4n) is 2.80. The second-order valence-corrected chi connectivity index (χ2v) is 19.8. The zero-order valence-corrected chi connectivity index (χ0v) is 33.7. The molecule has 0 aromatic rings. The average Bonchev–Trinajstić information content (AvgIpc) is 2.94. The zero-order valence-electron chi connectivity index (χ0n) is 33.7. The van der Waals surface area contributed by atoms with Crippen molar-refractivity contribution < 1.29 is 9.59 Å². The van der Waals surface area contributed by atoms with Gasteiger partial charge in [0.25, 0.3) is 0 Å². The molecule has 1 aliphatic rings. The van der Waals surface area contributed by atoms with Crippen LogP contribution in [-0.2, 0) is 9.59 Å². The summed E-state index contributed by atoms with van der Waals surface area (Å²) in [7, 11) is 0. The van der Waals surface area contributed by atoms with Crippen LogP contribution in [0.3, 0.4) is 0 Å². The molecule has 0 aromatic carbocycles. The van der Waals surface area contributed by atoms with Gasteiger partial charge < -0.3 is 0 Å². The van der Waals surface area contributed by atoms with Crippen molar-refractivity contribution in [1.29, 1.82) is 0 Å². The fraction of sp³-hybridized carbons (Fsp3) is 0.949. The van der Waals surface area contributed by atoms with Crippen LogP contribution in [0.2, 0.25) is 0 Å². The predicted molar refractivity (Wildman–Crippen MR) is 189 cm³/mol. The molecule has 0 aliphatic heterocycles. The smallest absolute Gasteiger partial charge is 0.147 e. The summed E-state index contributed by atoms with van der Waals surface area (Å²) in [5, 5.41) is 0. The molecule has 2 nitrogen and oxygen atoms in total. The van der Waals surface area contributed by atoms with E-state index in [1.54, 1.807) is 6.92 Å². The van der Waals surface area contributed by atoms with Crippen LogP contribution in [-0.4, -0.2) is 11.6 Å². The van der Waals surface area contributed by atoms with E-state index in [0.29, 0.717) is 44.3 Å². The summed E-state index contributed by atoms with van der Waals surface area (Å²) in [6, 6.07) is 0. The Morgan fingerprint density at radius 3 is 0.707 bits per heavy atom. The topological polar surface area (TPSA) is 34.1 Å². The molecule has 0 radical (unpaired) electrons. The Morgan fingerprint density at radius 2 is 0.659 bits per heavy atom. The van der Waals surface area contributed by atoms with Crippen LogP contribution in [0.4, 0.5) is 0 Å². The number of carbonyl (C=O) groups is 2. The van der Waals surface area contributed by atoms with Crippen molar-refractivity contribution in [2.24, 2.45) is 55.2 Å². The summed E-state index contributed by atoms with van der Waals surface area (Å²) in [5.74, 6) is -0.165. The second-order valence-electron chi connectivity index (χ2n) is 19.8. The van der Waals surface area contributed by atoms with Gasteiger partial charge in [0.05, 0.1) is 5.92 Å². The number of Topliss-reactive ketones (excluding diaryl/α,β-unsaturated/α-hetero) is 2. The van der Waals surface area contributed by atoms with Crippen LogP contribution < -0.4 is 0 Å². The molecule has 1 fully saturated rings. The van der Waals surface area contributed by atoms with Crippen LogP contribution in [0.25, 0.3) is 0 Å². The van der Waals surface area contributed by atoms with Gasteiger partial charge in [-0.3, -0.25) is 9.59 Å². The maximum atomic E-state index is 11.5. The molecule has 250 valence electrons. The number of ketones is 2. The summed E-state index contributed by atoms with van der Waals surface area (Å²) in [4.78, 5) is 22.8. The van der Waals surface area contributed by atoms with Gasteiger partial charge in [-0.1, -0.05) is 173 Å². The minimum Gasteiger partial charge on any atom is -0.299 e. The third-order valence-corrected chi connectivity index (χ3v) is 11.0. The van der Waals surface area contributed by atoms with Crippen molar-refractivity contribution in [3.63, 3.8) is 0 Å². The van der Waals surface area contributed by atoms with Gasteiger partial charge in [-0.25, -0.2) is 0 Å². The zero-order chi connectivity index (χ0) is 35.0. The fourth-order valence-corrected chi connectivity index (χ4v) is 2.80. The average molecular weight is 583 g/mol. The lowest BCUT2D eigenvalue weighted by molar-refractivity contribution is -0.128. The Labute approximate surface area is 262 Å². The molecule has 0 heterocycles. The number of hydrogen-bond donors (Lipinski definition) is 0. The van der Waals surface area contributed by atoms with E-state index >= 15 is 0 Å². The first-order valence-corrected chi connectivity index (χ1v) is 16.4. The lowest BCUT2D eigenvalue weighted by atomic mass is 9.56. The van der Waals surface area contributed by atoms with Gasteiger partial charge in [0.15, 0.2) is 0 Å². The van der Waals surface area contributed by atoms with Gasteiger partial charge in [0.2, 0.25) is 0 Å². The van der Waals surface area contributed by atoms with Gasteiger partial charge in [0.1, 0.15) is 11.6 Å². The normalized spacial score (nSPS) is 19.0. The molecule has 41 heavy (non-hydrogen) atoms. The molecular formula is C39H82O2. The van der Waals surface area contributed by atoms with Crippen LogP contribution >= 0.6 is 0 Å². The van der Waals surface area contributed by atoms with Crippen LogP contribution in [0.5, 0.6) is 0 Å². The molecule has 0 aromatic heterocycles. The van der Waals surface area contributed by atoms with Crippen molar-refractivity contribution >= 4 is 11.6 Å². The molecule has 1 aliphatic carbocycles. The molecule has 0 saturated heterocycles. The molecule has 1 rings (SSSR count). The Morgan fingerprint density at radius 1 is 0.439 bits per heavy atom. The lowest BCUT2D eigenvalue weighted by Gasteiger charge is -2.49. The molecule has 1 saturated carbocycles. The first-order valence-electron chi connectivity index (χ1n) is 16.4. The van der Waals surface area contributed by atoms with E-state index in [-0.39, 0.29) is 28.8 Å². The van der Waals surface area contributed by atoms with Crippen molar-refractivity contribution in [1.82, 2.24) is 0 Å². The van der Waals surface area contributed by atoms with E-state index in [1.165, 1.54) is 0 Å². The minimum atomic E-state index is -0.353. The van der Waals surface area contributed by atoms with E-state index in [9.17, 15) is 9.59 Å². The molecule has 2 atom stereocenters. The van der Waals surface area contributed by atoms with Crippen LogP contribution in [0.1, 0.15) is 186 Å². The van der Waals surface area contributed by atoms with Crippen LogP contribution in [0, 0.1) is 55.2 Å². The Kier molecular flexibility index (Phi) is 18.3. The van der Waals surface area contributed by atoms with Gasteiger partial charge in [0, 0.05) is 12.3 Å². The van der Waals surface area contributed by atoms with Crippen LogP contribution in [0.15, 0.2) is 0 Å². The maximum Gasteiger partial charge on any atom is 0.147 e. The first kappa shape index (κ1) is 47.3. The predicted octanol–water partition coefficient (Wildman–Crippen LogP) is 13.1. The Balaban J connectivity index is -0.000000221. The van der Waals surface area contributed by atoms with Crippen molar-refractivity contribution in [3.05, 3.63) is 0 Å². The Bertz CT molecular complexity index is 682. The SMILES string of the molecule is CC.CC(C)(C)C(C)(C)C.CC(C)(C)C(C)(C)C.CC(C)(C)C(C)(C)C(C)(C)C.CC1C(=O)CC(C(C)(C)C)C1=O. The standard InChI is InChI=1S/C11H24.C10H16O2.2C8H18.C2H6/c1-9(2,3)11(7,8)10(4,5)6;1-6-8(11)5-7(9(6)12)10(2,3)4;2*1-7(2,3)8(4,5)6;1-2/h1-8H3;6-7H,5H2,1-4H3;2*1-6H3;1-2H3. The quantitative estimate of drug-likeness (QED) is 0.266. The number of hydrogen-bond acceptors (Lipinski definition) is 2.